The number of aromatic nitrogens is 3. The van der Waals surface area contributed by atoms with Gasteiger partial charge in [-0.3, -0.25) is 4.98 Å². The summed E-state index contributed by atoms with van der Waals surface area (Å²) in [6.07, 6.45) is 0.956. The Hall–Kier alpha value is -1.71. The molecule has 0 radical (unpaired) electrons. The molecule has 0 spiro atoms. The van der Waals surface area contributed by atoms with E-state index in [0.29, 0.717) is 0 Å². The van der Waals surface area contributed by atoms with Gasteiger partial charge >= 0.3 is 0 Å². The summed E-state index contributed by atoms with van der Waals surface area (Å²) in [7, 11) is 0. The van der Waals surface area contributed by atoms with Crippen molar-refractivity contribution >= 4 is 16.7 Å². The smallest absolute Gasteiger partial charge is 0.139 e. The van der Waals surface area contributed by atoms with Crippen molar-refractivity contribution in [3.05, 3.63) is 23.3 Å². The molecule has 0 aliphatic carbocycles. The van der Waals surface area contributed by atoms with Crippen LogP contribution in [0.4, 0.5) is 5.82 Å². The number of hydrogen-bond donors (Lipinski definition) is 1. The number of rotatable bonds is 0. The highest BCUT2D eigenvalue weighted by Crippen LogP contribution is 2.27. The van der Waals surface area contributed by atoms with Gasteiger partial charge in [0.15, 0.2) is 0 Å². The SMILES string of the molecule is Cc1cc2nc(C)nc3c2c(n1)CCN3. The maximum Gasteiger partial charge on any atom is 0.139 e. The molecule has 1 aliphatic heterocycles. The Morgan fingerprint density at radius 1 is 1.20 bits per heavy atom. The van der Waals surface area contributed by atoms with E-state index in [4.69, 9.17) is 0 Å². The minimum absolute atomic E-state index is 0.809. The molecule has 0 bridgehead atoms. The molecule has 4 heteroatoms. The first kappa shape index (κ1) is 8.59. The third-order valence-corrected chi connectivity index (χ3v) is 2.65. The van der Waals surface area contributed by atoms with Crippen LogP contribution >= 0.6 is 0 Å². The molecule has 1 aliphatic rings. The van der Waals surface area contributed by atoms with Crippen LogP contribution in [0.15, 0.2) is 6.07 Å². The zero-order chi connectivity index (χ0) is 10.4. The highest BCUT2D eigenvalue weighted by atomic mass is 15.0. The molecule has 15 heavy (non-hydrogen) atoms. The lowest BCUT2D eigenvalue weighted by atomic mass is 10.1. The molecule has 0 amide bonds. The van der Waals surface area contributed by atoms with E-state index in [1.54, 1.807) is 0 Å². The van der Waals surface area contributed by atoms with Crippen molar-refractivity contribution in [1.29, 1.82) is 0 Å². The third kappa shape index (κ3) is 1.25. The van der Waals surface area contributed by atoms with E-state index in [9.17, 15) is 0 Å². The molecular formula is C11H12N4. The largest absolute Gasteiger partial charge is 0.369 e. The number of nitrogens with zero attached hydrogens (tertiary/aromatic N) is 3. The minimum Gasteiger partial charge on any atom is -0.369 e. The minimum atomic E-state index is 0.809. The quantitative estimate of drug-likeness (QED) is 0.702. The summed E-state index contributed by atoms with van der Waals surface area (Å²) in [5.41, 5.74) is 3.16. The summed E-state index contributed by atoms with van der Waals surface area (Å²) >= 11 is 0. The summed E-state index contributed by atoms with van der Waals surface area (Å²) in [5.74, 6) is 1.75. The van der Waals surface area contributed by atoms with Crippen molar-refractivity contribution in [3.63, 3.8) is 0 Å². The predicted molar refractivity (Wildman–Crippen MR) is 59.0 cm³/mol. The van der Waals surface area contributed by atoms with Crippen molar-refractivity contribution in [1.82, 2.24) is 15.0 Å². The second-order valence-electron chi connectivity index (χ2n) is 3.90. The Balaban J connectivity index is 2.47. The first-order chi connectivity index (χ1) is 7.24. The van der Waals surface area contributed by atoms with Crippen LogP contribution in [0.25, 0.3) is 10.9 Å². The van der Waals surface area contributed by atoms with Gasteiger partial charge < -0.3 is 5.32 Å². The molecule has 3 rings (SSSR count). The average Bonchev–Trinajstić information content (AvgIpc) is 2.16. The lowest BCUT2D eigenvalue weighted by Gasteiger charge is -2.17. The lowest BCUT2D eigenvalue weighted by molar-refractivity contribution is 0.919. The van der Waals surface area contributed by atoms with Crippen molar-refractivity contribution in [2.45, 2.75) is 20.3 Å². The number of hydrogen-bond acceptors (Lipinski definition) is 4. The molecule has 2 aromatic heterocycles. The van der Waals surface area contributed by atoms with E-state index < -0.39 is 0 Å². The van der Waals surface area contributed by atoms with Crippen molar-refractivity contribution in [2.75, 3.05) is 11.9 Å². The molecule has 2 aromatic rings. The van der Waals surface area contributed by atoms with E-state index in [2.05, 4.69) is 20.3 Å². The van der Waals surface area contributed by atoms with Gasteiger partial charge in [-0.2, -0.15) is 0 Å². The fourth-order valence-corrected chi connectivity index (χ4v) is 2.09. The molecular weight excluding hydrogens is 188 g/mol. The Bertz CT molecular complexity index is 503. The van der Waals surface area contributed by atoms with Gasteiger partial charge in [0.25, 0.3) is 0 Å². The molecule has 76 valence electrons. The second-order valence-corrected chi connectivity index (χ2v) is 3.90. The first-order valence-corrected chi connectivity index (χ1v) is 5.13. The molecule has 0 unspecified atom stereocenters. The monoisotopic (exact) mass is 200 g/mol. The van der Waals surface area contributed by atoms with Gasteiger partial charge in [0.05, 0.1) is 16.6 Å². The Morgan fingerprint density at radius 2 is 2.07 bits per heavy atom. The van der Waals surface area contributed by atoms with Gasteiger partial charge in [-0.1, -0.05) is 0 Å². The maximum atomic E-state index is 4.54. The number of pyridine rings is 1. The zero-order valence-electron chi connectivity index (χ0n) is 8.83. The van der Waals surface area contributed by atoms with Gasteiger partial charge in [-0.15, -0.1) is 0 Å². The molecule has 0 aromatic carbocycles. The fraction of sp³-hybridized carbons (Fsp3) is 0.364. The number of nitrogens with one attached hydrogen (secondary N) is 1. The molecule has 0 saturated heterocycles. The van der Waals surface area contributed by atoms with E-state index in [-0.39, 0.29) is 0 Å². The summed E-state index contributed by atoms with van der Waals surface area (Å²) in [4.78, 5) is 13.4. The van der Waals surface area contributed by atoms with Crippen LogP contribution in [-0.2, 0) is 6.42 Å². The van der Waals surface area contributed by atoms with Crippen LogP contribution in [0.3, 0.4) is 0 Å². The second kappa shape index (κ2) is 2.89. The van der Waals surface area contributed by atoms with Crippen LogP contribution in [0.2, 0.25) is 0 Å². The van der Waals surface area contributed by atoms with Crippen LogP contribution in [0, 0.1) is 13.8 Å². The van der Waals surface area contributed by atoms with Crippen molar-refractivity contribution in [2.24, 2.45) is 0 Å². The zero-order valence-corrected chi connectivity index (χ0v) is 8.83. The number of anilines is 1. The highest BCUT2D eigenvalue weighted by Gasteiger charge is 2.16. The summed E-state index contributed by atoms with van der Waals surface area (Å²) < 4.78 is 0. The van der Waals surface area contributed by atoms with Gasteiger partial charge in [0.1, 0.15) is 11.6 Å². The van der Waals surface area contributed by atoms with E-state index >= 15 is 0 Å². The Morgan fingerprint density at radius 3 is 2.93 bits per heavy atom. The van der Waals surface area contributed by atoms with Gasteiger partial charge in [-0.25, -0.2) is 9.97 Å². The molecule has 1 N–H and O–H groups in total. The van der Waals surface area contributed by atoms with Crippen LogP contribution in [0.1, 0.15) is 17.2 Å². The van der Waals surface area contributed by atoms with Crippen molar-refractivity contribution in [3.8, 4) is 0 Å². The van der Waals surface area contributed by atoms with Crippen LogP contribution in [0.5, 0.6) is 0 Å². The third-order valence-electron chi connectivity index (χ3n) is 2.65. The maximum absolute atomic E-state index is 4.54. The Kier molecular flexibility index (Phi) is 1.65. The Labute approximate surface area is 87.8 Å². The molecule has 0 saturated carbocycles. The standard InChI is InChI=1S/C11H12N4/c1-6-5-9-10-8(13-6)3-4-12-11(10)15-7(2)14-9/h5H,3-4H2,1-2H3,(H,12,14,15). The first-order valence-electron chi connectivity index (χ1n) is 5.13. The van der Waals surface area contributed by atoms with E-state index in [1.165, 1.54) is 0 Å². The topological polar surface area (TPSA) is 50.7 Å². The fourth-order valence-electron chi connectivity index (χ4n) is 2.09. The molecule has 0 atom stereocenters. The predicted octanol–water partition coefficient (Wildman–Crippen LogP) is 1.61. The highest BCUT2D eigenvalue weighted by molar-refractivity contribution is 5.92. The van der Waals surface area contributed by atoms with Gasteiger partial charge in [-0.05, 0) is 19.9 Å². The average molecular weight is 200 g/mol. The summed E-state index contributed by atoms with van der Waals surface area (Å²) in [6, 6.07) is 2.02. The molecule has 4 nitrogen and oxygen atoms in total. The molecule has 3 heterocycles. The normalized spacial score (nSPS) is 14.0. The van der Waals surface area contributed by atoms with Gasteiger partial charge in [0, 0.05) is 18.7 Å². The summed E-state index contributed by atoms with van der Waals surface area (Å²) in [6.45, 7) is 4.84. The van der Waals surface area contributed by atoms with Crippen molar-refractivity contribution < 1.29 is 0 Å². The summed E-state index contributed by atoms with van der Waals surface area (Å²) in [5, 5.41) is 4.39. The molecule has 0 fully saturated rings. The number of aryl methyl sites for hydroxylation is 2. The van der Waals surface area contributed by atoms with Crippen LogP contribution in [-0.4, -0.2) is 21.5 Å². The van der Waals surface area contributed by atoms with E-state index in [1.807, 2.05) is 19.9 Å². The van der Waals surface area contributed by atoms with E-state index in [0.717, 1.165) is 46.9 Å². The van der Waals surface area contributed by atoms with Gasteiger partial charge in [0.2, 0.25) is 0 Å². The lowest BCUT2D eigenvalue weighted by Crippen LogP contribution is -2.15. The van der Waals surface area contributed by atoms with Crippen LogP contribution < -0.4 is 5.32 Å².